The third kappa shape index (κ3) is 2.59. The van der Waals surface area contributed by atoms with Gasteiger partial charge in [0, 0.05) is 24.2 Å². The van der Waals surface area contributed by atoms with E-state index in [4.69, 9.17) is 5.11 Å². The average molecular weight is 179 g/mol. The van der Waals surface area contributed by atoms with Crippen LogP contribution in [-0.4, -0.2) is 17.3 Å². The standard InChI is InChI=1S/C9H9NO3/c1-6(12)10-8-2-7(5-11)3-9(13)4-8/h2-5,13H,1H3,(H,10,12). The van der Waals surface area contributed by atoms with Crippen molar-refractivity contribution >= 4 is 17.9 Å². The van der Waals surface area contributed by atoms with E-state index in [1.807, 2.05) is 0 Å². The highest BCUT2D eigenvalue weighted by Gasteiger charge is 2.00. The molecular formula is C9H9NO3. The Morgan fingerprint density at radius 1 is 1.46 bits per heavy atom. The van der Waals surface area contributed by atoms with Crippen molar-refractivity contribution in [1.82, 2.24) is 0 Å². The van der Waals surface area contributed by atoms with Crippen molar-refractivity contribution in [2.45, 2.75) is 6.92 Å². The maximum Gasteiger partial charge on any atom is 0.221 e. The molecule has 0 atom stereocenters. The Bertz CT molecular complexity index is 347. The number of nitrogens with one attached hydrogen (secondary N) is 1. The van der Waals surface area contributed by atoms with Crippen molar-refractivity contribution in [1.29, 1.82) is 0 Å². The summed E-state index contributed by atoms with van der Waals surface area (Å²) in [6, 6.07) is 4.17. The number of amides is 1. The summed E-state index contributed by atoms with van der Waals surface area (Å²) in [5.74, 6) is -0.296. The Morgan fingerprint density at radius 3 is 2.69 bits per heavy atom. The van der Waals surface area contributed by atoms with Crippen LogP contribution in [0.5, 0.6) is 5.75 Å². The number of anilines is 1. The third-order valence-electron chi connectivity index (χ3n) is 1.40. The number of aromatic hydroxyl groups is 1. The molecule has 13 heavy (non-hydrogen) atoms. The van der Waals surface area contributed by atoms with Crippen LogP contribution in [0.3, 0.4) is 0 Å². The van der Waals surface area contributed by atoms with Crippen LogP contribution in [0.15, 0.2) is 18.2 Å². The maximum atomic E-state index is 10.6. The largest absolute Gasteiger partial charge is 0.508 e. The molecule has 0 aliphatic heterocycles. The van der Waals surface area contributed by atoms with Gasteiger partial charge in [-0.05, 0) is 12.1 Å². The first kappa shape index (κ1) is 9.25. The molecule has 1 aromatic carbocycles. The van der Waals surface area contributed by atoms with Crippen LogP contribution in [0.4, 0.5) is 5.69 Å². The van der Waals surface area contributed by atoms with E-state index in [9.17, 15) is 9.59 Å². The molecule has 0 heterocycles. The zero-order valence-corrected chi connectivity index (χ0v) is 7.07. The number of phenolic OH excluding ortho intramolecular Hbond substituents is 1. The molecule has 1 rings (SSSR count). The Labute approximate surface area is 75.2 Å². The number of aldehydes is 1. The van der Waals surface area contributed by atoms with Crippen molar-refractivity contribution < 1.29 is 14.7 Å². The van der Waals surface area contributed by atoms with Crippen LogP contribution >= 0.6 is 0 Å². The monoisotopic (exact) mass is 179 g/mol. The van der Waals surface area contributed by atoms with Gasteiger partial charge >= 0.3 is 0 Å². The van der Waals surface area contributed by atoms with E-state index in [2.05, 4.69) is 5.32 Å². The highest BCUT2D eigenvalue weighted by Crippen LogP contribution is 2.18. The summed E-state index contributed by atoms with van der Waals surface area (Å²) >= 11 is 0. The van der Waals surface area contributed by atoms with Crippen LogP contribution in [0.2, 0.25) is 0 Å². The Balaban J connectivity index is 3.01. The van der Waals surface area contributed by atoms with Crippen molar-refractivity contribution in [3.05, 3.63) is 23.8 Å². The first-order valence-electron chi connectivity index (χ1n) is 3.68. The molecule has 1 aromatic rings. The van der Waals surface area contributed by atoms with E-state index in [0.717, 1.165) is 0 Å². The summed E-state index contributed by atoms with van der Waals surface area (Å²) in [6.07, 6.45) is 0.602. The molecule has 0 spiro atoms. The van der Waals surface area contributed by atoms with Gasteiger partial charge in [-0.2, -0.15) is 0 Å². The topological polar surface area (TPSA) is 66.4 Å². The van der Waals surface area contributed by atoms with E-state index in [1.54, 1.807) is 0 Å². The van der Waals surface area contributed by atoms with Gasteiger partial charge in [0.1, 0.15) is 12.0 Å². The lowest BCUT2D eigenvalue weighted by Gasteiger charge is -2.03. The molecule has 0 fully saturated rings. The highest BCUT2D eigenvalue weighted by molar-refractivity contribution is 5.90. The zero-order chi connectivity index (χ0) is 9.84. The molecule has 0 bridgehead atoms. The van der Waals surface area contributed by atoms with Crippen molar-refractivity contribution in [2.24, 2.45) is 0 Å². The number of rotatable bonds is 2. The minimum atomic E-state index is -0.248. The fourth-order valence-corrected chi connectivity index (χ4v) is 0.978. The van der Waals surface area contributed by atoms with E-state index in [0.29, 0.717) is 17.5 Å². The van der Waals surface area contributed by atoms with Crippen molar-refractivity contribution in [3.63, 3.8) is 0 Å². The molecule has 4 nitrogen and oxygen atoms in total. The van der Waals surface area contributed by atoms with Crippen molar-refractivity contribution in [3.8, 4) is 5.75 Å². The van der Waals surface area contributed by atoms with Gasteiger partial charge < -0.3 is 10.4 Å². The average Bonchev–Trinajstić information content (AvgIpc) is 2.01. The summed E-state index contributed by atoms with van der Waals surface area (Å²) in [6.45, 7) is 1.35. The van der Waals surface area contributed by atoms with Crippen LogP contribution in [-0.2, 0) is 4.79 Å². The minimum absolute atomic E-state index is 0.0478. The van der Waals surface area contributed by atoms with E-state index in [-0.39, 0.29) is 11.7 Å². The molecule has 4 heteroatoms. The van der Waals surface area contributed by atoms with Gasteiger partial charge in [0.05, 0.1) is 0 Å². The molecule has 0 saturated carbocycles. The molecular weight excluding hydrogens is 170 g/mol. The summed E-state index contributed by atoms with van der Waals surface area (Å²) in [5.41, 5.74) is 0.735. The highest BCUT2D eigenvalue weighted by atomic mass is 16.3. The number of hydrogen-bond acceptors (Lipinski definition) is 3. The third-order valence-corrected chi connectivity index (χ3v) is 1.40. The quantitative estimate of drug-likeness (QED) is 0.669. The van der Waals surface area contributed by atoms with E-state index in [1.165, 1.54) is 25.1 Å². The second-order valence-corrected chi connectivity index (χ2v) is 2.61. The number of carbonyl (C=O) groups is 2. The predicted octanol–water partition coefficient (Wildman–Crippen LogP) is 1.16. The fraction of sp³-hybridized carbons (Fsp3) is 0.111. The maximum absolute atomic E-state index is 10.6. The fourth-order valence-electron chi connectivity index (χ4n) is 0.978. The van der Waals surface area contributed by atoms with Gasteiger partial charge in [-0.3, -0.25) is 9.59 Å². The van der Waals surface area contributed by atoms with E-state index < -0.39 is 0 Å². The van der Waals surface area contributed by atoms with E-state index >= 15 is 0 Å². The van der Waals surface area contributed by atoms with Gasteiger partial charge in [-0.15, -0.1) is 0 Å². The minimum Gasteiger partial charge on any atom is -0.508 e. The molecule has 68 valence electrons. The summed E-state index contributed by atoms with van der Waals surface area (Å²) in [5, 5.41) is 11.6. The first-order chi connectivity index (χ1) is 6.11. The molecule has 0 unspecified atom stereocenters. The molecule has 0 aliphatic rings. The Morgan fingerprint density at radius 2 is 2.15 bits per heavy atom. The number of benzene rings is 1. The molecule has 0 saturated heterocycles. The second-order valence-electron chi connectivity index (χ2n) is 2.61. The van der Waals surface area contributed by atoms with Crippen molar-refractivity contribution in [2.75, 3.05) is 5.32 Å². The van der Waals surface area contributed by atoms with Gasteiger partial charge in [0.25, 0.3) is 0 Å². The van der Waals surface area contributed by atoms with Gasteiger partial charge in [-0.25, -0.2) is 0 Å². The van der Waals surface area contributed by atoms with Gasteiger partial charge in [0.15, 0.2) is 0 Å². The van der Waals surface area contributed by atoms with Crippen LogP contribution < -0.4 is 5.32 Å². The molecule has 0 aliphatic carbocycles. The second kappa shape index (κ2) is 3.71. The molecule has 0 radical (unpaired) electrons. The Hall–Kier alpha value is -1.84. The normalized spacial score (nSPS) is 9.31. The number of hydrogen-bond donors (Lipinski definition) is 2. The van der Waals surface area contributed by atoms with Crippen LogP contribution in [0.1, 0.15) is 17.3 Å². The summed E-state index contributed by atoms with van der Waals surface area (Å²) in [7, 11) is 0. The molecule has 0 aromatic heterocycles. The molecule has 2 N–H and O–H groups in total. The van der Waals surface area contributed by atoms with Crippen LogP contribution in [0, 0.1) is 0 Å². The number of phenols is 1. The lowest BCUT2D eigenvalue weighted by molar-refractivity contribution is -0.114. The smallest absolute Gasteiger partial charge is 0.221 e. The molecule has 1 amide bonds. The first-order valence-corrected chi connectivity index (χ1v) is 3.68. The zero-order valence-electron chi connectivity index (χ0n) is 7.07. The summed E-state index contributed by atoms with van der Waals surface area (Å²) in [4.78, 5) is 21.0. The lowest BCUT2D eigenvalue weighted by atomic mass is 10.2. The Kier molecular flexibility index (Phi) is 2.64. The predicted molar refractivity (Wildman–Crippen MR) is 47.8 cm³/mol. The van der Waals surface area contributed by atoms with Gasteiger partial charge in [0.2, 0.25) is 5.91 Å². The van der Waals surface area contributed by atoms with Gasteiger partial charge in [-0.1, -0.05) is 0 Å². The van der Waals surface area contributed by atoms with Crippen LogP contribution in [0.25, 0.3) is 0 Å². The number of carbonyl (C=O) groups excluding carboxylic acids is 2. The SMILES string of the molecule is CC(=O)Nc1cc(O)cc(C=O)c1. The summed E-state index contributed by atoms with van der Waals surface area (Å²) < 4.78 is 0. The lowest BCUT2D eigenvalue weighted by Crippen LogP contribution is -2.05.